The number of nitrogens with zero attached hydrogens (tertiary/aromatic N) is 2. The van der Waals surface area contributed by atoms with E-state index in [1.54, 1.807) is 14.2 Å². The number of allylic oxidation sites excluding steroid dienone is 3. The zero-order chi connectivity index (χ0) is 22.2. The van der Waals surface area contributed by atoms with E-state index in [2.05, 4.69) is 66.2 Å². The highest BCUT2D eigenvalue weighted by Gasteiger charge is 2.36. The van der Waals surface area contributed by atoms with Crippen LogP contribution in [0.2, 0.25) is 0 Å². The van der Waals surface area contributed by atoms with Gasteiger partial charge in [-0.3, -0.25) is 0 Å². The highest BCUT2D eigenvalue weighted by atomic mass is 16.5. The Balaban J connectivity index is 1.48. The third kappa shape index (κ3) is 3.66. The lowest BCUT2D eigenvalue weighted by molar-refractivity contribution is 0.287. The molecule has 32 heavy (non-hydrogen) atoms. The summed E-state index contributed by atoms with van der Waals surface area (Å²) in [6.07, 6.45) is 10.4. The molecule has 5 nitrogen and oxygen atoms in total. The molecular formula is C27H30N3O2. The molecule has 165 valence electrons. The van der Waals surface area contributed by atoms with E-state index in [4.69, 9.17) is 14.5 Å². The second-order valence-electron chi connectivity index (χ2n) is 8.88. The summed E-state index contributed by atoms with van der Waals surface area (Å²) in [6.45, 7) is 5.44. The smallest absolute Gasteiger partial charge is 0.163 e. The largest absolute Gasteiger partial charge is 0.493 e. The van der Waals surface area contributed by atoms with Gasteiger partial charge in [-0.25, -0.2) is 4.98 Å². The average molecular weight is 429 g/mol. The van der Waals surface area contributed by atoms with E-state index >= 15 is 0 Å². The van der Waals surface area contributed by atoms with Crippen LogP contribution in [0, 0.1) is 18.9 Å². The van der Waals surface area contributed by atoms with Crippen molar-refractivity contribution >= 4 is 11.0 Å². The van der Waals surface area contributed by atoms with Crippen LogP contribution in [0.3, 0.4) is 0 Å². The summed E-state index contributed by atoms with van der Waals surface area (Å²) >= 11 is 0. The Kier molecular flexibility index (Phi) is 5.41. The molecule has 3 atom stereocenters. The van der Waals surface area contributed by atoms with E-state index in [9.17, 15) is 0 Å². The van der Waals surface area contributed by atoms with Gasteiger partial charge in [-0.2, -0.15) is 0 Å². The van der Waals surface area contributed by atoms with Gasteiger partial charge >= 0.3 is 0 Å². The molecule has 1 unspecified atom stereocenters. The third-order valence-electron chi connectivity index (χ3n) is 6.74. The molecule has 1 aliphatic carbocycles. The lowest BCUT2D eigenvalue weighted by Gasteiger charge is -2.30. The highest BCUT2D eigenvalue weighted by Crippen LogP contribution is 2.42. The van der Waals surface area contributed by atoms with Crippen LogP contribution in [-0.2, 0) is 0 Å². The summed E-state index contributed by atoms with van der Waals surface area (Å²) in [7, 11) is 3.31. The average Bonchev–Trinajstić information content (AvgIpc) is 3.41. The minimum atomic E-state index is 0.184. The number of imidazole rings is 1. The number of rotatable bonds is 5. The number of methoxy groups -OCH3 is 2. The molecule has 2 heterocycles. The fourth-order valence-corrected chi connectivity index (χ4v) is 4.93. The predicted octanol–water partition coefficient (Wildman–Crippen LogP) is 5.70. The molecule has 0 spiro atoms. The van der Waals surface area contributed by atoms with Crippen LogP contribution < -0.4 is 9.47 Å². The normalized spacial score (nSPS) is 22.9. The fraction of sp³-hybridized carbons (Fsp3) is 0.370. The molecular weight excluding hydrogens is 398 g/mol. The molecule has 1 fully saturated rings. The van der Waals surface area contributed by atoms with E-state index in [1.165, 1.54) is 16.8 Å². The summed E-state index contributed by atoms with van der Waals surface area (Å²) in [6, 6.07) is 12.9. The van der Waals surface area contributed by atoms with Gasteiger partial charge in [0, 0.05) is 30.3 Å². The molecule has 3 aromatic rings. The summed E-state index contributed by atoms with van der Waals surface area (Å²) in [5, 5.41) is 0. The molecule has 1 aliphatic heterocycles. The number of hydrogen-bond acceptors (Lipinski definition) is 4. The number of fused-ring (bicyclic) bond motifs is 1. The Morgan fingerprint density at radius 3 is 2.59 bits per heavy atom. The third-order valence-corrected chi connectivity index (χ3v) is 6.74. The van der Waals surface area contributed by atoms with Crippen molar-refractivity contribution in [1.82, 2.24) is 14.9 Å². The van der Waals surface area contributed by atoms with E-state index < -0.39 is 0 Å². The maximum atomic E-state index is 5.47. The van der Waals surface area contributed by atoms with Crippen LogP contribution in [-0.4, -0.2) is 35.6 Å². The maximum absolute atomic E-state index is 5.47. The van der Waals surface area contributed by atoms with Crippen molar-refractivity contribution in [2.24, 2.45) is 5.92 Å². The van der Waals surface area contributed by atoms with Crippen LogP contribution >= 0.6 is 0 Å². The number of hydrogen-bond donors (Lipinski definition) is 1. The van der Waals surface area contributed by atoms with Crippen LogP contribution in [0.1, 0.15) is 48.7 Å². The number of aryl methyl sites for hydroxylation is 1. The molecule has 1 aromatic heterocycles. The number of likely N-dealkylation sites (tertiary alicyclic amines) is 1. The molecule has 1 N–H and O–H groups in total. The monoisotopic (exact) mass is 428 g/mol. The number of benzene rings is 2. The highest BCUT2D eigenvalue weighted by molar-refractivity contribution is 5.80. The molecule has 0 bridgehead atoms. The van der Waals surface area contributed by atoms with E-state index in [1.807, 2.05) is 12.1 Å². The van der Waals surface area contributed by atoms with E-state index in [-0.39, 0.29) is 12.0 Å². The van der Waals surface area contributed by atoms with Gasteiger partial charge in [-0.1, -0.05) is 42.8 Å². The van der Waals surface area contributed by atoms with Crippen molar-refractivity contribution in [2.75, 3.05) is 20.8 Å². The van der Waals surface area contributed by atoms with Gasteiger partial charge < -0.3 is 19.4 Å². The first-order valence-corrected chi connectivity index (χ1v) is 11.3. The standard InChI is InChI=1S/C27H30N3O2/c1-17-8-10-19(11-9-17)20-6-5-7-21(14-20)30-13-12-18(2)26(30)27-28-22-15-24(31-3)25(32-4)16-23(22)29-27/h5,7-11,15-16,18,20,26H,6,12-13H2,1-4H3,(H,28,29)/t18-,20?,26-/m0/s1. The van der Waals surface area contributed by atoms with Crippen molar-refractivity contribution in [1.29, 1.82) is 0 Å². The number of nitrogens with one attached hydrogen (secondary N) is 1. The number of H-pyrrole nitrogens is 1. The summed E-state index contributed by atoms with van der Waals surface area (Å²) in [4.78, 5) is 11.0. The van der Waals surface area contributed by atoms with E-state index in [0.717, 1.165) is 36.2 Å². The van der Waals surface area contributed by atoms with Gasteiger partial charge in [0.25, 0.3) is 0 Å². The van der Waals surface area contributed by atoms with Crippen LogP contribution in [0.5, 0.6) is 11.5 Å². The first kappa shape index (κ1) is 20.7. The Morgan fingerprint density at radius 1 is 1.09 bits per heavy atom. The lowest BCUT2D eigenvalue weighted by Crippen LogP contribution is -2.26. The number of aromatic nitrogens is 2. The van der Waals surface area contributed by atoms with Gasteiger partial charge in [0.2, 0.25) is 0 Å². The molecule has 0 saturated carbocycles. The minimum absolute atomic E-state index is 0.184. The Morgan fingerprint density at radius 2 is 1.84 bits per heavy atom. The van der Waals surface area contributed by atoms with Gasteiger partial charge in [0.1, 0.15) is 5.82 Å². The quantitative estimate of drug-likeness (QED) is 0.566. The van der Waals surface area contributed by atoms with E-state index in [0.29, 0.717) is 17.4 Å². The van der Waals surface area contributed by atoms with Crippen LogP contribution in [0.4, 0.5) is 0 Å². The second-order valence-corrected chi connectivity index (χ2v) is 8.88. The van der Waals surface area contributed by atoms with Crippen molar-refractivity contribution in [3.63, 3.8) is 0 Å². The number of aromatic amines is 1. The molecule has 1 saturated heterocycles. The molecule has 2 aliphatic rings. The zero-order valence-corrected chi connectivity index (χ0v) is 19.2. The Bertz CT molecular complexity index is 1130. The van der Waals surface area contributed by atoms with Crippen LogP contribution in [0.15, 0.2) is 54.2 Å². The lowest BCUT2D eigenvalue weighted by atomic mass is 9.90. The SMILES string of the molecule is COc1cc2nc([C@@H]3[C@@H](C)CCN3C3=[C]C(c4ccc(C)cc4)CC=C3)[nH]c2cc1OC. The van der Waals surface area contributed by atoms with Crippen LogP contribution in [0.25, 0.3) is 11.0 Å². The van der Waals surface area contributed by atoms with Crippen molar-refractivity contribution in [3.05, 3.63) is 77.3 Å². The van der Waals surface area contributed by atoms with Crippen molar-refractivity contribution < 1.29 is 9.47 Å². The summed E-state index contributed by atoms with van der Waals surface area (Å²) in [5.41, 5.74) is 5.64. The maximum Gasteiger partial charge on any atom is 0.163 e. The van der Waals surface area contributed by atoms with Gasteiger partial charge in [-0.15, -0.1) is 0 Å². The zero-order valence-electron chi connectivity index (χ0n) is 19.2. The molecule has 2 aromatic carbocycles. The van der Waals surface area contributed by atoms with Gasteiger partial charge in [0.15, 0.2) is 11.5 Å². The first-order valence-electron chi connectivity index (χ1n) is 11.3. The molecule has 0 amide bonds. The first-order chi connectivity index (χ1) is 15.6. The summed E-state index contributed by atoms with van der Waals surface area (Å²) < 4.78 is 10.9. The molecule has 5 heteroatoms. The predicted molar refractivity (Wildman–Crippen MR) is 127 cm³/mol. The molecule has 1 radical (unpaired) electrons. The van der Waals surface area contributed by atoms with Gasteiger partial charge in [-0.05, 0) is 43.4 Å². The fourth-order valence-electron chi connectivity index (χ4n) is 4.93. The van der Waals surface area contributed by atoms with Crippen molar-refractivity contribution in [2.45, 2.75) is 38.6 Å². The molecule has 5 rings (SSSR count). The Labute approximate surface area is 189 Å². The minimum Gasteiger partial charge on any atom is -0.493 e. The van der Waals surface area contributed by atoms with Gasteiger partial charge in [0.05, 0.1) is 31.3 Å². The Hall–Kier alpha value is -3.21. The second kappa shape index (κ2) is 8.38. The topological polar surface area (TPSA) is 50.4 Å². The summed E-state index contributed by atoms with van der Waals surface area (Å²) in [5.74, 6) is 3.17. The number of ether oxygens (including phenoxy) is 2. The van der Waals surface area contributed by atoms with Crippen molar-refractivity contribution in [3.8, 4) is 11.5 Å².